The molecule has 102 valence electrons. The molecule has 0 aromatic heterocycles. The topological polar surface area (TPSA) is 87.7 Å². The molecule has 5 heteroatoms. The number of amides is 1. The minimum atomic E-state index is -0.791. The first-order chi connectivity index (χ1) is 8.32. The average Bonchev–Trinajstić information content (AvgIpc) is 3.06. The van der Waals surface area contributed by atoms with Crippen LogP contribution in [-0.2, 0) is 4.79 Å². The molecule has 2 saturated carbocycles. The van der Waals surface area contributed by atoms with Crippen LogP contribution in [0, 0.1) is 17.3 Å². The third-order valence-electron chi connectivity index (χ3n) is 4.46. The van der Waals surface area contributed by atoms with Gasteiger partial charge in [-0.1, -0.05) is 12.1 Å². The fourth-order valence-electron chi connectivity index (χ4n) is 3.06. The summed E-state index contributed by atoms with van der Waals surface area (Å²) in [6, 6.07) is 0. The maximum absolute atomic E-state index is 12.5. The summed E-state index contributed by atoms with van der Waals surface area (Å²) >= 11 is 0. The first kappa shape index (κ1) is 13.2. The lowest BCUT2D eigenvalue weighted by molar-refractivity contribution is -0.135. The quantitative estimate of drug-likeness (QED) is 0.307. The Bertz CT molecular complexity index is 380. The number of carbonyl (C=O) groups excluding carboxylic acids is 1. The highest BCUT2D eigenvalue weighted by Crippen LogP contribution is 2.47. The zero-order valence-corrected chi connectivity index (χ0v) is 11.4. The number of amidine groups is 1. The Balaban J connectivity index is 2.10. The van der Waals surface area contributed by atoms with Crippen molar-refractivity contribution in [2.24, 2.45) is 28.1 Å². The molecule has 1 amide bonds. The Morgan fingerprint density at radius 1 is 1.44 bits per heavy atom. The molecule has 0 spiro atoms. The van der Waals surface area contributed by atoms with E-state index in [1.165, 1.54) is 12.8 Å². The molecule has 5 nitrogen and oxygen atoms in total. The normalized spacial score (nSPS) is 32.8. The van der Waals surface area contributed by atoms with Gasteiger partial charge in [0, 0.05) is 5.54 Å². The van der Waals surface area contributed by atoms with Crippen LogP contribution >= 0.6 is 0 Å². The Kier molecular flexibility index (Phi) is 3.03. The summed E-state index contributed by atoms with van der Waals surface area (Å²) in [6.45, 7) is 6.16. The maximum Gasteiger partial charge on any atom is 0.234 e. The van der Waals surface area contributed by atoms with Gasteiger partial charge in [0.15, 0.2) is 5.84 Å². The zero-order valence-electron chi connectivity index (χ0n) is 11.4. The van der Waals surface area contributed by atoms with Gasteiger partial charge in [0.05, 0.1) is 0 Å². The molecule has 0 atom stereocenters. The van der Waals surface area contributed by atoms with Crippen LogP contribution < -0.4 is 11.1 Å². The van der Waals surface area contributed by atoms with Crippen molar-refractivity contribution in [3.05, 3.63) is 0 Å². The van der Waals surface area contributed by atoms with Crippen molar-refractivity contribution in [1.29, 1.82) is 0 Å². The van der Waals surface area contributed by atoms with Gasteiger partial charge in [0.1, 0.15) is 5.41 Å². The van der Waals surface area contributed by atoms with Crippen LogP contribution in [0.5, 0.6) is 0 Å². The molecule has 2 aliphatic rings. The largest absolute Gasteiger partial charge is 0.409 e. The highest BCUT2D eigenvalue weighted by molar-refractivity contribution is 6.07. The molecule has 2 aliphatic carbocycles. The second-order valence-electron chi connectivity index (χ2n) is 6.53. The van der Waals surface area contributed by atoms with Crippen molar-refractivity contribution in [3.63, 3.8) is 0 Å². The van der Waals surface area contributed by atoms with Gasteiger partial charge in [0.2, 0.25) is 5.91 Å². The molecule has 0 heterocycles. The van der Waals surface area contributed by atoms with Crippen molar-refractivity contribution in [2.45, 2.75) is 52.0 Å². The lowest BCUT2D eigenvalue weighted by Gasteiger charge is -2.45. The second-order valence-corrected chi connectivity index (χ2v) is 6.53. The Labute approximate surface area is 108 Å². The number of nitrogens with zero attached hydrogens (tertiary/aromatic N) is 1. The van der Waals surface area contributed by atoms with E-state index in [4.69, 9.17) is 10.9 Å². The summed E-state index contributed by atoms with van der Waals surface area (Å²) in [5.41, 5.74) is 4.74. The number of hydrogen-bond donors (Lipinski definition) is 3. The van der Waals surface area contributed by atoms with E-state index in [0.717, 1.165) is 0 Å². The smallest absolute Gasteiger partial charge is 0.234 e. The van der Waals surface area contributed by atoms with Crippen molar-refractivity contribution in [1.82, 2.24) is 5.32 Å². The zero-order chi connectivity index (χ0) is 13.6. The van der Waals surface area contributed by atoms with Crippen LogP contribution in [0.25, 0.3) is 0 Å². The van der Waals surface area contributed by atoms with Gasteiger partial charge in [-0.15, -0.1) is 0 Å². The van der Waals surface area contributed by atoms with E-state index in [0.29, 0.717) is 24.7 Å². The SMILES string of the molecule is CC1CC(C(=O)NC(C)(C)C2CC2)(C(N)=NO)C1. The first-order valence-electron chi connectivity index (χ1n) is 6.62. The van der Waals surface area contributed by atoms with Crippen molar-refractivity contribution < 1.29 is 10.0 Å². The predicted molar refractivity (Wildman–Crippen MR) is 69.2 cm³/mol. The maximum atomic E-state index is 12.5. The van der Waals surface area contributed by atoms with Crippen molar-refractivity contribution in [2.75, 3.05) is 0 Å². The number of hydrogen-bond acceptors (Lipinski definition) is 3. The number of nitrogens with two attached hydrogens (primary N) is 1. The molecular formula is C13H23N3O2. The summed E-state index contributed by atoms with van der Waals surface area (Å²) in [5.74, 6) is 0.959. The molecular weight excluding hydrogens is 230 g/mol. The highest BCUT2D eigenvalue weighted by Gasteiger charge is 2.54. The molecule has 0 aromatic rings. The van der Waals surface area contributed by atoms with Gasteiger partial charge in [0.25, 0.3) is 0 Å². The van der Waals surface area contributed by atoms with Gasteiger partial charge >= 0.3 is 0 Å². The lowest BCUT2D eigenvalue weighted by atomic mass is 9.61. The Morgan fingerprint density at radius 3 is 2.39 bits per heavy atom. The molecule has 2 rings (SSSR count). The lowest BCUT2D eigenvalue weighted by Crippen LogP contribution is -2.60. The molecule has 0 aliphatic heterocycles. The monoisotopic (exact) mass is 253 g/mol. The average molecular weight is 253 g/mol. The number of nitrogens with one attached hydrogen (secondary N) is 1. The second kappa shape index (κ2) is 4.14. The summed E-state index contributed by atoms with van der Waals surface area (Å²) in [4.78, 5) is 12.5. The number of rotatable bonds is 4. The summed E-state index contributed by atoms with van der Waals surface area (Å²) < 4.78 is 0. The highest BCUT2D eigenvalue weighted by atomic mass is 16.4. The number of carbonyl (C=O) groups is 1. The molecule has 0 unspecified atom stereocenters. The fourth-order valence-corrected chi connectivity index (χ4v) is 3.06. The summed E-state index contributed by atoms with van der Waals surface area (Å²) in [7, 11) is 0. The third-order valence-corrected chi connectivity index (χ3v) is 4.46. The molecule has 0 radical (unpaired) electrons. The fraction of sp³-hybridized carbons (Fsp3) is 0.846. The van der Waals surface area contributed by atoms with E-state index < -0.39 is 5.41 Å². The van der Waals surface area contributed by atoms with Crippen molar-refractivity contribution in [3.8, 4) is 0 Å². The van der Waals surface area contributed by atoms with Gasteiger partial charge in [-0.25, -0.2) is 0 Å². The first-order valence-corrected chi connectivity index (χ1v) is 6.62. The van der Waals surface area contributed by atoms with E-state index in [9.17, 15) is 4.79 Å². The third kappa shape index (κ3) is 2.06. The minimum absolute atomic E-state index is 0.0460. The van der Waals surface area contributed by atoms with Crippen LogP contribution in [0.3, 0.4) is 0 Å². The molecule has 0 bridgehead atoms. The van der Waals surface area contributed by atoms with E-state index in [-0.39, 0.29) is 17.3 Å². The summed E-state index contributed by atoms with van der Waals surface area (Å²) in [5, 5.41) is 15.0. The summed E-state index contributed by atoms with van der Waals surface area (Å²) in [6.07, 6.45) is 3.66. The van der Waals surface area contributed by atoms with Gasteiger partial charge < -0.3 is 16.3 Å². The van der Waals surface area contributed by atoms with E-state index >= 15 is 0 Å². The van der Waals surface area contributed by atoms with Crippen LogP contribution in [-0.4, -0.2) is 22.5 Å². The molecule has 0 saturated heterocycles. The Hall–Kier alpha value is -1.26. The minimum Gasteiger partial charge on any atom is -0.409 e. The standard InChI is InChI=1S/C13H23N3O2/c1-8-6-13(7-8,10(14)16-18)11(17)15-12(2,3)9-4-5-9/h8-9,18H,4-7H2,1-3H3,(H2,14,16)(H,15,17). The van der Waals surface area contributed by atoms with Gasteiger partial charge in [-0.3, -0.25) is 4.79 Å². The van der Waals surface area contributed by atoms with Gasteiger partial charge in [-0.2, -0.15) is 0 Å². The molecule has 4 N–H and O–H groups in total. The molecule has 18 heavy (non-hydrogen) atoms. The molecule has 0 aromatic carbocycles. The predicted octanol–water partition coefficient (Wildman–Crippen LogP) is 1.45. The van der Waals surface area contributed by atoms with E-state index in [2.05, 4.69) is 17.4 Å². The van der Waals surface area contributed by atoms with Crippen LogP contribution in [0.1, 0.15) is 46.5 Å². The van der Waals surface area contributed by atoms with Crippen LogP contribution in [0.2, 0.25) is 0 Å². The van der Waals surface area contributed by atoms with E-state index in [1.807, 2.05) is 13.8 Å². The van der Waals surface area contributed by atoms with Crippen LogP contribution in [0.15, 0.2) is 5.16 Å². The van der Waals surface area contributed by atoms with Crippen LogP contribution in [0.4, 0.5) is 0 Å². The Morgan fingerprint density at radius 2 is 2.00 bits per heavy atom. The van der Waals surface area contributed by atoms with Gasteiger partial charge in [-0.05, 0) is 51.4 Å². The van der Waals surface area contributed by atoms with Crippen molar-refractivity contribution >= 4 is 11.7 Å². The number of oxime groups is 1. The van der Waals surface area contributed by atoms with E-state index in [1.54, 1.807) is 0 Å². The molecule has 2 fully saturated rings.